The van der Waals surface area contributed by atoms with Gasteiger partial charge in [-0.1, -0.05) is 0 Å². The zero-order valence-corrected chi connectivity index (χ0v) is 14.5. The Labute approximate surface area is 137 Å². The Balaban J connectivity index is 2.14. The van der Waals surface area contributed by atoms with Crippen molar-refractivity contribution in [3.8, 4) is 5.75 Å². The highest BCUT2D eigenvalue weighted by Gasteiger charge is 2.25. The molecule has 1 aromatic carbocycles. The molecule has 8 heteroatoms. The smallest absolute Gasteiger partial charge is 0.243 e. The first-order valence-corrected chi connectivity index (χ1v) is 9.24. The van der Waals surface area contributed by atoms with E-state index in [1.54, 1.807) is 36.3 Å². The van der Waals surface area contributed by atoms with E-state index in [1.807, 2.05) is 7.05 Å². The van der Waals surface area contributed by atoms with Crippen LogP contribution in [0.15, 0.2) is 24.3 Å². The maximum absolute atomic E-state index is 12.4. The summed E-state index contributed by atoms with van der Waals surface area (Å²) in [6.07, 6.45) is 1.11. The monoisotopic (exact) mass is 341 g/mol. The van der Waals surface area contributed by atoms with Crippen molar-refractivity contribution >= 4 is 21.6 Å². The summed E-state index contributed by atoms with van der Waals surface area (Å²) in [6.45, 7) is 2.65. The Bertz CT molecular complexity index is 637. The summed E-state index contributed by atoms with van der Waals surface area (Å²) in [6, 6.07) is 6.62. The second-order valence-electron chi connectivity index (χ2n) is 5.65. The molecule has 0 N–H and O–H groups in total. The summed E-state index contributed by atoms with van der Waals surface area (Å²) in [5, 5.41) is 0. The van der Waals surface area contributed by atoms with Gasteiger partial charge in [0.1, 0.15) is 12.3 Å². The lowest BCUT2D eigenvalue weighted by Crippen LogP contribution is -2.50. The fraction of sp³-hybridized carbons (Fsp3) is 0.533. The van der Waals surface area contributed by atoms with Gasteiger partial charge in [0.2, 0.25) is 15.9 Å². The van der Waals surface area contributed by atoms with Crippen molar-refractivity contribution in [1.82, 2.24) is 9.80 Å². The van der Waals surface area contributed by atoms with Crippen molar-refractivity contribution < 1.29 is 17.9 Å². The second kappa shape index (κ2) is 7.18. The van der Waals surface area contributed by atoms with E-state index in [2.05, 4.69) is 4.90 Å². The van der Waals surface area contributed by atoms with Crippen LogP contribution in [0.3, 0.4) is 0 Å². The van der Waals surface area contributed by atoms with E-state index in [0.29, 0.717) is 24.5 Å². The number of piperazine rings is 1. The first-order valence-electron chi connectivity index (χ1n) is 7.39. The highest BCUT2D eigenvalue weighted by molar-refractivity contribution is 7.92. The predicted molar refractivity (Wildman–Crippen MR) is 89.3 cm³/mol. The number of methoxy groups -OCH3 is 1. The quantitative estimate of drug-likeness (QED) is 0.767. The van der Waals surface area contributed by atoms with Crippen LogP contribution < -0.4 is 9.04 Å². The van der Waals surface area contributed by atoms with Gasteiger partial charge in [-0.25, -0.2) is 8.42 Å². The summed E-state index contributed by atoms with van der Waals surface area (Å²) in [4.78, 5) is 16.3. The van der Waals surface area contributed by atoms with Gasteiger partial charge < -0.3 is 14.5 Å². The van der Waals surface area contributed by atoms with Crippen molar-refractivity contribution in [2.75, 3.05) is 57.4 Å². The number of hydrogen-bond acceptors (Lipinski definition) is 5. The minimum absolute atomic E-state index is 0.181. The largest absolute Gasteiger partial charge is 0.497 e. The Hall–Kier alpha value is -1.80. The number of benzene rings is 1. The number of carbonyl (C=O) groups is 1. The minimum Gasteiger partial charge on any atom is -0.497 e. The number of likely N-dealkylation sites (N-methyl/N-ethyl adjacent to an activating group) is 1. The number of hydrogen-bond donors (Lipinski definition) is 0. The molecule has 0 radical (unpaired) electrons. The Morgan fingerprint density at radius 3 is 2.22 bits per heavy atom. The van der Waals surface area contributed by atoms with Gasteiger partial charge in [0, 0.05) is 26.2 Å². The van der Waals surface area contributed by atoms with Crippen LogP contribution in [0, 0.1) is 0 Å². The molecule has 7 nitrogen and oxygen atoms in total. The number of amides is 1. The molecule has 128 valence electrons. The van der Waals surface area contributed by atoms with E-state index >= 15 is 0 Å². The molecule has 1 saturated heterocycles. The molecule has 0 unspecified atom stereocenters. The van der Waals surface area contributed by atoms with Crippen molar-refractivity contribution in [3.05, 3.63) is 24.3 Å². The van der Waals surface area contributed by atoms with Gasteiger partial charge in [-0.3, -0.25) is 9.10 Å². The molecular weight excluding hydrogens is 318 g/mol. The third-order valence-corrected chi connectivity index (χ3v) is 5.04. The third-order valence-electron chi connectivity index (χ3n) is 3.90. The second-order valence-corrected chi connectivity index (χ2v) is 7.56. The maximum atomic E-state index is 12.4. The molecule has 1 aliphatic heterocycles. The SMILES string of the molecule is COc1ccc(N(CC(=O)N2CCN(C)CC2)S(C)(=O)=O)cc1. The van der Waals surface area contributed by atoms with Gasteiger partial charge in [0.15, 0.2) is 0 Å². The lowest BCUT2D eigenvalue weighted by Gasteiger charge is -2.34. The molecule has 1 fully saturated rings. The predicted octanol–water partition coefficient (Wildman–Crippen LogP) is 0.235. The molecule has 2 rings (SSSR count). The van der Waals surface area contributed by atoms with Crippen LogP contribution in [0.4, 0.5) is 5.69 Å². The zero-order chi connectivity index (χ0) is 17.0. The van der Waals surface area contributed by atoms with Gasteiger partial charge in [-0.15, -0.1) is 0 Å². The molecule has 0 spiro atoms. The Morgan fingerprint density at radius 2 is 1.74 bits per heavy atom. The van der Waals surface area contributed by atoms with Crippen molar-refractivity contribution in [2.24, 2.45) is 0 Å². The molecule has 1 aliphatic rings. The van der Waals surface area contributed by atoms with Crippen molar-refractivity contribution in [1.29, 1.82) is 0 Å². The van der Waals surface area contributed by atoms with Gasteiger partial charge in [0.05, 0.1) is 19.1 Å². The van der Waals surface area contributed by atoms with Crippen LogP contribution in [-0.4, -0.2) is 77.3 Å². The summed E-state index contributed by atoms with van der Waals surface area (Å²) in [5.41, 5.74) is 0.454. The molecule has 23 heavy (non-hydrogen) atoms. The normalized spacial score (nSPS) is 16.2. The van der Waals surface area contributed by atoms with Crippen LogP contribution in [-0.2, 0) is 14.8 Å². The van der Waals surface area contributed by atoms with Crippen LogP contribution in [0.5, 0.6) is 5.75 Å². The van der Waals surface area contributed by atoms with E-state index in [-0.39, 0.29) is 12.5 Å². The average molecular weight is 341 g/mol. The lowest BCUT2D eigenvalue weighted by molar-refractivity contribution is -0.131. The number of carbonyl (C=O) groups excluding carboxylic acids is 1. The highest BCUT2D eigenvalue weighted by atomic mass is 32.2. The Kier molecular flexibility index (Phi) is 5.48. The van der Waals surface area contributed by atoms with Crippen LogP contribution in [0.1, 0.15) is 0 Å². The molecule has 1 amide bonds. The van der Waals surface area contributed by atoms with E-state index in [1.165, 1.54) is 0 Å². The fourth-order valence-electron chi connectivity index (χ4n) is 2.43. The highest BCUT2D eigenvalue weighted by Crippen LogP contribution is 2.21. The summed E-state index contributed by atoms with van der Waals surface area (Å²) in [7, 11) is -0.00357. The summed E-state index contributed by atoms with van der Waals surface area (Å²) >= 11 is 0. The van der Waals surface area contributed by atoms with E-state index in [4.69, 9.17) is 4.74 Å². The molecular formula is C15H23N3O4S. The zero-order valence-electron chi connectivity index (χ0n) is 13.7. The van der Waals surface area contributed by atoms with Gasteiger partial charge in [0.25, 0.3) is 0 Å². The number of anilines is 1. The van der Waals surface area contributed by atoms with Crippen molar-refractivity contribution in [2.45, 2.75) is 0 Å². The molecule has 0 atom stereocenters. The molecule has 1 aromatic rings. The van der Waals surface area contributed by atoms with Crippen LogP contribution in [0.2, 0.25) is 0 Å². The molecule has 0 saturated carbocycles. The van der Waals surface area contributed by atoms with E-state index < -0.39 is 10.0 Å². The molecule has 0 aliphatic carbocycles. The number of nitrogens with zero attached hydrogens (tertiary/aromatic N) is 3. The summed E-state index contributed by atoms with van der Waals surface area (Å²) < 4.78 is 30.3. The molecule has 1 heterocycles. The third kappa shape index (κ3) is 4.59. The topological polar surface area (TPSA) is 70.2 Å². The maximum Gasteiger partial charge on any atom is 0.243 e. The Morgan fingerprint density at radius 1 is 1.17 bits per heavy atom. The minimum atomic E-state index is -3.55. The van der Waals surface area contributed by atoms with Gasteiger partial charge in [-0.05, 0) is 31.3 Å². The summed E-state index contributed by atoms with van der Waals surface area (Å²) in [5.74, 6) is 0.451. The van der Waals surface area contributed by atoms with E-state index in [0.717, 1.165) is 23.7 Å². The standard InChI is InChI=1S/C15H23N3O4S/c1-16-8-10-17(11-9-16)15(19)12-18(23(3,20)21)13-4-6-14(22-2)7-5-13/h4-7H,8-12H2,1-3H3. The molecule has 0 bridgehead atoms. The average Bonchev–Trinajstić information content (AvgIpc) is 2.52. The van der Waals surface area contributed by atoms with Crippen LogP contribution in [0.25, 0.3) is 0 Å². The van der Waals surface area contributed by atoms with E-state index in [9.17, 15) is 13.2 Å². The number of rotatable bonds is 5. The van der Waals surface area contributed by atoms with Crippen LogP contribution >= 0.6 is 0 Å². The number of sulfonamides is 1. The first kappa shape index (κ1) is 17.6. The number of ether oxygens (including phenoxy) is 1. The van der Waals surface area contributed by atoms with Gasteiger partial charge in [-0.2, -0.15) is 0 Å². The fourth-order valence-corrected chi connectivity index (χ4v) is 3.28. The lowest BCUT2D eigenvalue weighted by atomic mass is 10.3. The van der Waals surface area contributed by atoms with Crippen molar-refractivity contribution in [3.63, 3.8) is 0 Å². The van der Waals surface area contributed by atoms with Gasteiger partial charge >= 0.3 is 0 Å². The molecule has 0 aromatic heterocycles. The first-order chi connectivity index (χ1) is 10.8.